The zero-order valence-electron chi connectivity index (χ0n) is 13.5. The lowest BCUT2D eigenvalue weighted by molar-refractivity contribution is 0.0683. The normalized spacial score (nSPS) is 28.4. The fourth-order valence-corrected chi connectivity index (χ4v) is 4.26. The van der Waals surface area contributed by atoms with Gasteiger partial charge in [0.1, 0.15) is 0 Å². The Balaban J connectivity index is 1.45. The smallest absolute Gasteiger partial charge is 0.198 e. The van der Waals surface area contributed by atoms with E-state index in [1.165, 1.54) is 4.57 Å². The average Bonchev–Trinajstić information content (AvgIpc) is 3.19. The van der Waals surface area contributed by atoms with Gasteiger partial charge in [-0.25, -0.2) is 0 Å². The van der Waals surface area contributed by atoms with Crippen molar-refractivity contribution in [2.24, 2.45) is 0 Å². The second-order valence-electron chi connectivity index (χ2n) is 7.18. The number of aromatic hydroxyl groups is 2. The van der Waals surface area contributed by atoms with E-state index >= 15 is 0 Å². The predicted octanol–water partition coefficient (Wildman–Crippen LogP) is 0.648. The third kappa shape index (κ3) is 2.45. The zero-order valence-corrected chi connectivity index (χ0v) is 13.5. The molecule has 0 aromatic carbocycles. The Morgan fingerprint density at radius 2 is 1.57 bits per heavy atom. The summed E-state index contributed by atoms with van der Waals surface area (Å²) in [5, 5.41) is 31.4. The Hall–Kier alpha value is -1.50. The van der Waals surface area contributed by atoms with Gasteiger partial charge in [0.25, 0.3) is 0 Å². The predicted molar refractivity (Wildman–Crippen MR) is 86.9 cm³/mol. The summed E-state index contributed by atoms with van der Waals surface area (Å²) >= 11 is 0. The Bertz CT molecular complexity index is 596. The maximum Gasteiger partial charge on any atom is 0.198 e. The van der Waals surface area contributed by atoms with Crippen LogP contribution in [0.4, 0.5) is 0 Å². The van der Waals surface area contributed by atoms with Gasteiger partial charge >= 0.3 is 0 Å². The Morgan fingerprint density at radius 1 is 1.00 bits per heavy atom. The molecule has 3 N–H and O–H groups in total. The van der Waals surface area contributed by atoms with Gasteiger partial charge in [-0.1, -0.05) is 12.2 Å². The lowest BCUT2D eigenvalue weighted by Gasteiger charge is -2.33. The number of hydrogen-bond acceptors (Lipinski definition) is 5. The highest BCUT2D eigenvalue weighted by atomic mass is 16.3. The van der Waals surface area contributed by atoms with E-state index in [2.05, 4.69) is 29.0 Å². The third-order valence-electron chi connectivity index (χ3n) is 5.57. The summed E-state index contributed by atoms with van der Waals surface area (Å²) < 4.78 is 1.48. The summed E-state index contributed by atoms with van der Waals surface area (Å²) in [7, 11) is 2.10. The maximum absolute atomic E-state index is 10.5. The molecule has 2 unspecified atom stereocenters. The van der Waals surface area contributed by atoms with Crippen LogP contribution in [0.1, 0.15) is 29.4 Å². The SMILES string of the molecule is CN1CCN(CC(O)Cn2c(O)c3c(c2O)[C@H]2C=CC3C2)CC1. The van der Waals surface area contributed by atoms with Crippen molar-refractivity contribution in [1.82, 2.24) is 14.4 Å². The number of fused-ring (bicyclic) bond motifs is 5. The molecule has 126 valence electrons. The standard InChI is InChI=1S/C17H25N3O3/c1-18-4-6-19(7-5-18)9-13(21)10-20-16(22)14-11-2-3-12(8-11)15(14)17(20)23/h2-3,11-13,21-23H,4-10H2,1H3/t11-,12?,13?/m0/s1. The van der Waals surface area contributed by atoms with Crippen molar-refractivity contribution in [3.05, 3.63) is 23.3 Å². The molecule has 3 aliphatic rings. The van der Waals surface area contributed by atoms with Gasteiger partial charge in [-0.15, -0.1) is 0 Å². The van der Waals surface area contributed by atoms with Crippen molar-refractivity contribution >= 4 is 0 Å². The van der Waals surface area contributed by atoms with Gasteiger partial charge in [0.05, 0.1) is 12.6 Å². The number of aromatic nitrogens is 1. The molecule has 1 aromatic rings. The molecule has 2 heterocycles. The molecule has 1 aliphatic heterocycles. The van der Waals surface area contributed by atoms with Crippen LogP contribution in [0.3, 0.4) is 0 Å². The molecule has 23 heavy (non-hydrogen) atoms. The summed E-state index contributed by atoms with van der Waals surface area (Å²) in [6.07, 6.45) is 4.57. The first-order valence-corrected chi connectivity index (χ1v) is 8.46. The highest BCUT2D eigenvalue weighted by Gasteiger charge is 2.41. The molecule has 1 saturated heterocycles. The first kappa shape index (κ1) is 15.1. The van der Waals surface area contributed by atoms with Crippen molar-refractivity contribution in [3.63, 3.8) is 0 Å². The quantitative estimate of drug-likeness (QED) is 0.711. The minimum atomic E-state index is -0.603. The zero-order chi connectivity index (χ0) is 16.1. The number of aliphatic hydroxyl groups is 1. The number of nitrogens with zero attached hydrogens (tertiary/aromatic N) is 3. The molecule has 1 aromatic heterocycles. The lowest BCUT2D eigenvalue weighted by Crippen LogP contribution is -2.47. The van der Waals surface area contributed by atoms with Crippen LogP contribution in [-0.4, -0.2) is 75.6 Å². The van der Waals surface area contributed by atoms with E-state index in [1.54, 1.807) is 0 Å². The summed E-state index contributed by atoms with van der Waals surface area (Å²) in [6.45, 7) is 4.72. The van der Waals surface area contributed by atoms with E-state index in [-0.39, 0.29) is 30.1 Å². The van der Waals surface area contributed by atoms with Crippen LogP contribution in [-0.2, 0) is 6.54 Å². The van der Waals surface area contributed by atoms with E-state index in [0.717, 1.165) is 43.7 Å². The maximum atomic E-state index is 10.5. The Morgan fingerprint density at radius 3 is 2.13 bits per heavy atom. The fourth-order valence-electron chi connectivity index (χ4n) is 4.26. The molecule has 0 saturated carbocycles. The molecular weight excluding hydrogens is 294 g/mol. The molecule has 4 rings (SSSR count). The number of rotatable bonds is 4. The van der Waals surface area contributed by atoms with Crippen LogP contribution in [0.25, 0.3) is 0 Å². The van der Waals surface area contributed by atoms with Crippen LogP contribution in [0.15, 0.2) is 12.2 Å². The number of allylic oxidation sites excluding steroid dienone is 2. The molecule has 0 spiro atoms. The monoisotopic (exact) mass is 319 g/mol. The fraction of sp³-hybridized carbons (Fsp3) is 0.647. The Labute approximate surface area is 136 Å². The topological polar surface area (TPSA) is 72.1 Å². The molecule has 2 bridgehead atoms. The minimum Gasteiger partial charge on any atom is -0.494 e. The molecule has 1 fully saturated rings. The second-order valence-corrected chi connectivity index (χ2v) is 7.18. The number of hydrogen-bond donors (Lipinski definition) is 3. The third-order valence-corrected chi connectivity index (χ3v) is 5.57. The van der Waals surface area contributed by atoms with Crippen molar-refractivity contribution in [2.45, 2.75) is 30.9 Å². The molecule has 0 amide bonds. The average molecular weight is 319 g/mol. The van der Waals surface area contributed by atoms with Crippen molar-refractivity contribution in [1.29, 1.82) is 0 Å². The lowest BCUT2D eigenvalue weighted by atomic mass is 10.0. The van der Waals surface area contributed by atoms with Gasteiger partial charge in [0, 0.05) is 55.7 Å². The molecule has 2 aliphatic carbocycles. The van der Waals surface area contributed by atoms with Crippen LogP contribution in [0.2, 0.25) is 0 Å². The van der Waals surface area contributed by atoms with E-state index in [4.69, 9.17) is 0 Å². The molecule has 6 nitrogen and oxygen atoms in total. The number of aliphatic hydroxyl groups excluding tert-OH is 1. The summed E-state index contributed by atoms with van der Waals surface area (Å²) in [6, 6.07) is 0. The van der Waals surface area contributed by atoms with Gasteiger partial charge in [0.15, 0.2) is 11.8 Å². The Kier molecular flexibility index (Phi) is 3.63. The van der Waals surface area contributed by atoms with E-state index in [0.29, 0.717) is 6.54 Å². The summed E-state index contributed by atoms with van der Waals surface area (Å²) in [5.41, 5.74) is 1.73. The molecule has 3 atom stereocenters. The van der Waals surface area contributed by atoms with Gasteiger partial charge < -0.3 is 20.2 Å². The largest absolute Gasteiger partial charge is 0.494 e. The van der Waals surface area contributed by atoms with Crippen LogP contribution >= 0.6 is 0 Å². The molecule has 0 radical (unpaired) electrons. The number of likely N-dealkylation sites (N-methyl/N-ethyl adjacent to an activating group) is 1. The number of β-amino-alcohol motifs (C(OH)–C–C–N with tert-alkyl or cyclic N) is 1. The minimum absolute atomic E-state index is 0.131. The van der Waals surface area contributed by atoms with E-state index in [9.17, 15) is 15.3 Å². The van der Waals surface area contributed by atoms with E-state index in [1.807, 2.05) is 0 Å². The second kappa shape index (κ2) is 5.54. The van der Waals surface area contributed by atoms with Crippen LogP contribution in [0, 0.1) is 0 Å². The van der Waals surface area contributed by atoms with Gasteiger partial charge in [-0.05, 0) is 13.5 Å². The van der Waals surface area contributed by atoms with E-state index < -0.39 is 6.10 Å². The van der Waals surface area contributed by atoms with Gasteiger partial charge in [-0.2, -0.15) is 0 Å². The van der Waals surface area contributed by atoms with Crippen molar-refractivity contribution in [3.8, 4) is 11.8 Å². The highest BCUT2D eigenvalue weighted by molar-refractivity contribution is 5.58. The van der Waals surface area contributed by atoms with Crippen LogP contribution < -0.4 is 0 Å². The van der Waals surface area contributed by atoms with Gasteiger partial charge in [-0.3, -0.25) is 9.47 Å². The number of piperazine rings is 1. The first-order valence-electron chi connectivity index (χ1n) is 8.46. The molecular formula is C17H25N3O3. The summed E-state index contributed by atoms with van der Waals surface area (Å²) in [5.74, 6) is 0.701. The van der Waals surface area contributed by atoms with Crippen molar-refractivity contribution in [2.75, 3.05) is 39.8 Å². The molecule has 6 heteroatoms. The highest BCUT2D eigenvalue weighted by Crippen LogP contribution is 2.56. The first-order chi connectivity index (χ1) is 11.0. The van der Waals surface area contributed by atoms with Crippen molar-refractivity contribution < 1.29 is 15.3 Å². The van der Waals surface area contributed by atoms with Gasteiger partial charge in [0.2, 0.25) is 0 Å². The summed E-state index contributed by atoms with van der Waals surface area (Å²) in [4.78, 5) is 4.51. The van der Waals surface area contributed by atoms with Crippen LogP contribution in [0.5, 0.6) is 11.8 Å².